The van der Waals surface area contributed by atoms with Gasteiger partial charge in [0.2, 0.25) is 0 Å². The predicted molar refractivity (Wildman–Crippen MR) is 120 cm³/mol. The molecule has 2 aliphatic rings. The van der Waals surface area contributed by atoms with Crippen LogP contribution in [0.4, 0.5) is 19.3 Å². The summed E-state index contributed by atoms with van der Waals surface area (Å²) >= 11 is 0. The number of carbonyl (C=O) groups excluding carboxylic acids is 1. The van der Waals surface area contributed by atoms with Crippen molar-refractivity contribution in [1.82, 2.24) is 10.4 Å². The first kappa shape index (κ1) is 25.2. The number of amides is 1. The number of nitrogens with one attached hydrogen (secondary N) is 1. The van der Waals surface area contributed by atoms with E-state index in [0.717, 1.165) is 24.1 Å². The zero-order valence-corrected chi connectivity index (χ0v) is 20.0. The summed E-state index contributed by atoms with van der Waals surface area (Å²) in [5.74, 6) is -1.94. The summed E-state index contributed by atoms with van der Waals surface area (Å²) in [6.45, 7) is 5.55. The van der Waals surface area contributed by atoms with Crippen LogP contribution in [0.5, 0.6) is 0 Å². The smallest absolute Gasteiger partial charge is 0.410 e. The van der Waals surface area contributed by atoms with Crippen molar-refractivity contribution in [2.45, 2.75) is 51.1 Å². The fourth-order valence-electron chi connectivity index (χ4n) is 3.79. The lowest BCUT2D eigenvalue weighted by molar-refractivity contribution is -0.0415. The molecule has 2 heterocycles. The second-order valence-corrected chi connectivity index (χ2v) is 10.9. The maximum absolute atomic E-state index is 14.5. The average Bonchev–Trinajstić information content (AvgIpc) is 2.74. The van der Waals surface area contributed by atoms with Crippen LogP contribution >= 0.6 is 0 Å². The van der Waals surface area contributed by atoms with Crippen LogP contribution in [0.2, 0.25) is 0 Å². The summed E-state index contributed by atoms with van der Waals surface area (Å²) in [5.41, 5.74) is 3.74. The van der Waals surface area contributed by atoms with Crippen LogP contribution in [0.25, 0.3) is 0 Å². The molecule has 1 aromatic rings. The Balaban J connectivity index is 1.49. The highest BCUT2D eigenvalue weighted by Crippen LogP contribution is 2.27. The van der Waals surface area contributed by atoms with Gasteiger partial charge in [-0.25, -0.2) is 22.0 Å². The van der Waals surface area contributed by atoms with Crippen LogP contribution < -0.4 is 10.4 Å². The monoisotopic (exact) mass is 487 g/mol. The number of hydrogen-bond donors (Lipinski definition) is 1. The van der Waals surface area contributed by atoms with Crippen molar-refractivity contribution in [2.75, 3.05) is 37.3 Å². The minimum absolute atomic E-state index is 0.0408. The number of halogens is 2. The Morgan fingerprint density at radius 3 is 2.45 bits per heavy atom. The van der Waals surface area contributed by atoms with Crippen molar-refractivity contribution in [2.24, 2.45) is 0 Å². The second kappa shape index (κ2) is 10.7. The molecule has 33 heavy (non-hydrogen) atoms. The average molecular weight is 488 g/mol. The van der Waals surface area contributed by atoms with Crippen molar-refractivity contribution in [3.05, 3.63) is 41.1 Å². The number of piperidine rings is 1. The number of rotatable bonds is 7. The molecule has 11 heteroatoms. The summed E-state index contributed by atoms with van der Waals surface area (Å²) < 4.78 is 56.9. The molecule has 2 aliphatic heterocycles. The third kappa shape index (κ3) is 7.29. The molecule has 0 spiro atoms. The van der Waals surface area contributed by atoms with E-state index in [2.05, 4.69) is 5.48 Å². The van der Waals surface area contributed by atoms with Gasteiger partial charge in [0.15, 0.2) is 9.84 Å². The molecular formula is C22H31F2N3O5S. The van der Waals surface area contributed by atoms with E-state index in [1.165, 1.54) is 0 Å². The Bertz CT molecular complexity index is 992. The number of sulfone groups is 1. The molecule has 0 aromatic heterocycles. The molecule has 0 atom stereocenters. The zero-order chi connectivity index (χ0) is 24.2. The van der Waals surface area contributed by atoms with Gasteiger partial charge < -0.3 is 14.5 Å². The number of anilines is 1. The van der Waals surface area contributed by atoms with E-state index >= 15 is 0 Å². The molecule has 1 fully saturated rings. The third-order valence-electron chi connectivity index (χ3n) is 5.48. The Morgan fingerprint density at radius 1 is 1.18 bits per heavy atom. The molecule has 0 unspecified atom stereocenters. The molecule has 3 rings (SSSR count). The van der Waals surface area contributed by atoms with Gasteiger partial charge in [-0.3, -0.25) is 10.3 Å². The van der Waals surface area contributed by atoms with Crippen LogP contribution in [-0.2, 0) is 25.2 Å². The van der Waals surface area contributed by atoms with Crippen LogP contribution in [0.15, 0.2) is 23.9 Å². The van der Waals surface area contributed by atoms with Crippen molar-refractivity contribution in [3.8, 4) is 0 Å². The van der Waals surface area contributed by atoms with E-state index in [-0.39, 0.29) is 29.6 Å². The quantitative estimate of drug-likeness (QED) is 0.591. The van der Waals surface area contributed by atoms with E-state index in [1.807, 2.05) is 19.9 Å². The molecule has 1 aromatic carbocycles. The minimum atomic E-state index is -3.47. The van der Waals surface area contributed by atoms with Gasteiger partial charge in [0, 0.05) is 56.2 Å². The number of carbonyl (C=O) groups is 1. The molecule has 0 aliphatic carbocycles. The van der Waals surface area contributed by atoms with Gasteiger partial charge in [-0.05, 0) is 38.8 Å². The van der Waals surface area contributed by atoms with Gasteiger partial charge in [-0.2, -0.15) is 0 Å². The number of benzene rings is 1. The van der Waals surface area contributed by atoms with Crippen molar-refractivity contribution in [1.29, 1.82) is 0 Å². The summed E-state index contributed by atoms with van der Waals surface area (Å²) in [5, 5.41) is 0. The topological polar surface area (TPSA) is 88.2 Å². The van der Waals surface area contributed by atoms with Gasteiger partial charge in [-0.15, -0.1) is 0 Å². The van der Waals surface area contributed by atoms with Gasteiger partial charge in [0.1, 0.15) is 11.6 Å². The fraction of sp³-hybridized carbons (Fsp3) is 0.591. The van der Waals surface area contributed by atoms with E-state index in [1.54, 1.807) is 9.80 Å². The fourth-order valence-corrected chi connectivity index (χ4v) is 4.57. The van der Waals surface area contributed by atoms with E-state index in [9.17, 15) is 22.0 Å². The largest absolute Gasteiger partial charge is 0.447 e. The molecule has 1 amide bonds. The maximum Gasteiger partial charge on any atom is 0.410 e. The van der Waals surface area contributed by atoms with Gasteiger partial charge >= 0.3 is 6.09 Å². The van der Waals surface area contributed by atoms with E-state index < -0.39 is 27.2 Å². The highest BCUT2D eigenvalue weighted by atomic mass is 32.2. The number of hydroxylamine groups is 1. The predicted octanol–water partition coefficient (Wildman–Crippen LogP) is 3.13. The van der Waals surface area contributed by atoms with Crippen molar-refractivity contribution in [3.63, 3.8) is 0 Å². The highest BCUT2D eigenvalue weighted by molar-refractivity contribution is 7.89. The van der Waals surface area contributed by atoms with Crippen LogP contribution in [0.3, 0.4) is 0 Å². The van der Waals surface area contributed by atoms with Gasteiger partial charge in [-0.1, -0.05) is 0 Å². The SMILES string of the molecule is CC(C)OC(=O)N1CCC(ONC2=CCN(c3cc(F)c(CS(C)(=O)=O)cc3F)CC2)CC1. The number of nitrogens with zero attached hydrogens (tertiary/aromatic N) is 2. The molecule has 0 radical (unpaired) electrons. The lowest BCUT2D eigenvalue weighted by Crippen LogP contribution is -2.43. The minimum Gasteiger partial charge on any atom is -0.447 e. The highest BCUT2D eigenvalue weighted by Gasteiger charge is 2.26. The van der Waals surface area contributed by atoms with Crippen LogP contribution in [-0.4, -0.2) is 64.1 Å². The van der Waals surface area contributed by atoms with Gasteiger partial charge in [0.05, 0.1) is 23.6 Å². The second-order valence-electron chi connectivity index (χ2n) is 8.73. The molecule has 0 saturated carbocycles. The first-order chi connectivity index (χ1) is 15.5. The number of likely N-dealkylation sites (tertiary alicyclic amines) is 1. The first-order valence-corrected chi connectivity index (χ1v) is 13.0. The zero-order valence-electron chi connectivity index (χ0n) is 19.1. The van der Waals surface area contributed by atoms with Crippen molar-refractivity contribution < 1.29 is 31.6 Å². The lowest BCUT2D eigenvalue weighted by atomic mass is 10.1. The van der Waals surface area contributed by atoms with E-state index in [0.29, 0.717) is 45.4 Å². The summed E-state index contributed by atoms with van der Waals surface area (Å²) in [4.78, 5) is 21.1. The Morgan fingerprint density at radius 2 is 1.88 bits per heavy atom. The molecule has 8 nitrogen and oxygen atoms in total. The first-order valence-electron chi connectivity index (χ1n) is 11.0. The Hall–Kier alpha value is -2.40. The molecule has 0 bridgehead atoms. The normalized spacial score (nSPS) is 17.8. The third-order valence-corrected chi connectivity index (χ3v) is 6.31. The summed E-state index contributed by atoms with van der Waals surface area (Å²) in [6.07, 6.45) is 4.25. The van der Waals surface area contributed by atoms with Gasteiger partial charge in [0.25, 0.3) is 0 Å². The maximum atomic E-state index is 14.5. The van der Waals surface area contributed by atoms with Crippen LogP contribution in [0, 0.1) is 11.6 Å². The molecule has 1 N–H and O–H groups in total. The number of ether oxygens (including phenoxy) is 1. The standard InChI is InChI=1S/C22H31F2N3O5S/c1-15(2)31-22(28)27-10-6-18(7-11-27)32-25-17-4-8-26(9-5-17)21-13-19(23)16(12-20(21)24)14-33(3,29)30/h4,12-13,15,18,25H,5-11,14H2,1-3H3. The molecule has 1 saturated heterocycles. The Labute approximate surface area is 193 Å². The molecule has 184 valence electrons. The summed E-state index contributed by atoms with van der Waals surface area (Å²) in [6, 6.07) is 2.01. The lowest BCUT2D eigenvalue weighted by Gasteiger charge is -2.33. The van der Waals surface area contributed by atoms with E-state index in [4.69, 9.17) is 9.57 Å². The van der Waals surface area contributed by atoms with Crippen molar-refractivity contribution >= 4 is 21.6 Å². The summed E-state index contributed by atoms with van der Waals surface area (Å²) in [7, 11) is -3.47. The van der Waals surface area contributed by atoms with Crippen LogP contribution in [0.1, 0.15) is 38.7 Å². The molecular weight excluding hydrogens is 456 g/mol. The number of hydrogen-bond acceptors (Lipinski definition) is 7. The Kier molecular flexibility index (Phi) is 8.17.